The standard InChI is InChI=1S/C24H20ClN3OS/c1-16-7-9-17(10-8-16)23-27-29-24(18-11-13-19(25)14-12-18)15-22(30-2)26-20-5-3-4-6-21(20)28(23)24/h3-14H,15H2,1-2H3. The highest BCUT2D eigenvalue weighted by Crippen LogP contribution is 2.49. The Morgan fingerprint density at radius 3 is 2.47 bits per heavy atom. The van der Waals surface area contributed by atoms with E-state index in [9.17, 15) is 0 Å². The molecule has 3 aromatic carbocycles. The van der Waals surface area contributed by atoms with Crippen LogP contribution in [0.4, 0.5) is 11.4 Å². The molecule has 0 aliphatic carbocycles. The van der Waals surface area contributed by atoms with Crippen molar-refractivity contribution in [2.24, 2.45) is 10.1 Å². The topological polar surface area (TPSA) is 37.2 Å². The summed E-state index contributed by atoms with van der Waals surface area (Å²) in [5, 5.41) is 6.28. The van der Waals surface area contributed by atoms with E-state index < -0.39 is 5.72 Å². The first-order valence-corrected chi connectivity index (χ1v) is 11.3. The van der Waals surface area contributed by atoms with E-state index in [1.807, 2.05) is 48.7 Å². The molecule has 30 heavy (non-hydrogen) atoms. The van der Waals surface area contributed by atoms with Crippen molar-refractivity contribution < 1.29 is 4.84 Å². The summed E-state index contributed by atoms with van der Waals surface area (Å²) in [4.78, 5) is 13.4. The average molecular weight is 434 g/mol. The third-order valence-corrected chi connectivity index (χ3v) is 6.41. The Morgan fingerprint density at radius 1 is 1.00 bits per heavy atom. The van der Waals surface area contributed by atoms with E-state index in [1.54, 1.807) is 11.8 Å². The van der Waals surface area contributed by atoms with Crippen molar-refractivity contribution in [1.29, 1.82) is 0 Å². The Morgan fingerprint density at radius 2 is 1.73 bits per heavy atom. The predicted molar refractivity (Wildman–Crippen MR) is 126 cm³/mol. The second-order valence-corrected chi connectivity index (χ2v) is 8.69. The van der Waals surface area contributed by atoms with Crippen molar-refractivity contribution in [2.75, 3.05) is 11.2 Å². The Kier molecular flexibility index (Phi) is 4.80. The summed E-state index contributed by atoms with van der Waals surface area (Å²) in [6.45, 7) is 2.08. The Balaban J connectivity index is 1.75. The largest absolute Gasteiger partial charge is 0.359 e. The lowest BCUT2D eigenvalue weighted by Crippen LogP contribution is -2.47. The number of anilines is 1. The lowest BCUT2D eigenvalue weighted by Gasteiger charge is -2.37. The molecule has 0 spiro atoms. The van der Waals surface area contributed by atoms with Gasteiger partial charge in [-0.3, -0.25) is 4.90 Å². The number of rotatable bonds is 2. The molecule has 2 aliphatic heterocycles. The van der Waals surface area contributed by atoms with E-state index in [4.69, 9.17) is 21.4 Å². The highest BCUT2D eigenvalue weighted by Gasteiger charge is 2.51. The minimum Gasteiger partial charge on any atom is -0.359 e. The zero-order valence-electron chi connectivity index (χ0n) is 16.7. The van der Waals surface area contributed by atoms with Crippen LogP contribution in [0.3, 0.4) is 0 Å². The molecule has 6 heteroatoms. The third-order valence-electron chi connectivity index (χ3n) is 5.46. The number of nitrogens with zero attached hydrogens (tertiary/aromatic N) is 3. The van der Waals surface area contributed by atoms with E-state index in [0.29, 0.717) is 11.4 Å². The van der Waals surface area contributed by atoms with E-state index in [0.717, 1.165) is 33.4 Å². The lowest BCUT2D eigenvalue weighted by atomic mass is 9.96. The van der Waals surface area contributed by atoms with Crippen LogP contribution >= 0.6 is 23.4 Å². The zero-order chi connectivity index (χ0) is 20.7. The maximum absolute atomic E-state index is 6.31. The van der Waals surface area contributed by atoms with Crippen LogP contribution in [0, 0.1) is 6.92 Å². The predicted octanol–water partition coefficient (Wildman–Crippen LogP) is 6.50. The first kappa shape index (κ1) is 19.2. The van der Waals surface area contributed by atoms with Gasteiger partial charge in [-0.25, -0.2) is 4.99 Å². The smallest absolute Gasteiger partial charge is 0.247 e. The van der Waals surface area contributed by atoms with Crippen molar-refractivity contribution >= 4 is 45.6 Å². The molecule has 150 valence electrons. The highest BCUT2D eigenvalue weighted by atomic mass is 35.5. The maximum atomic E-state index is 6.31. The zero-order valence-corrected chi connectivity index (χ0v) is 18.2. The van der Waals surface area contributed by atoms with Crippen molar-refractivity contribution in [3.05, 3.63) is 94.5 Å². The van der Waals surface area contributed by atoms with E-state index >= 15 is 0 Å². The lowest BCUT2D eigenvalue weighted by molar-refractivity contribution is -0.0148. The molecule has 0 fully saturated rings. The number of thioether (sulfide) groups is 1. The minimum absolute atomic E-state index is 0.573. The second-order valence-electron chi connectivity index (χ2n) is 7.37. The van der Waals surface area contributed by atoms with Crippen LogP contribution in [-0.2, 0) is 10.6 Å². The van der Waals surface area contributed by atoms with Crippen LogP contribution in [0.2, 0.25) is 5.02 Å². The number of aliphatic imine (C=N–C) groups is 1. The van der Waals surface area contributed by atoms with Gasteiger partial charge in [0.25, 0.3) is 0 Å². The number of halogens is 1. The fourth-order valence-electron chi connectivity index (χ4n) is 3.91. The molecule has 0 N–H and O–H groups in total. The summed E-state index contributed by atoms with van der Waals surface area (Å²) < 4.78 is 0. The summed E-state index contributed by atoms with van der Waals surface area (Å²) >= 11 is 7.82. The van der Waals surface area contributed by atoms with Crippen LogP contribution in [-0.4, -0.2) is 17.1 Å². The number of hydrogen-bond donors (Lipinski definition) is 0. The first-order chi connectivity index (χ1) is 14.6. The molecule has 3 aromatic rings. The molecule has 0 saturated carbocycles. The maximum Gasteiger partial charge on any atom is 0.247 e. The number of benzene rings is 3. The van der Waals surface area contributed by atoms with Gasteiger partial charge in [0, 0.05) is 16.1 Å². The Hall–Kier alpha value is -2.76. The molecule has 0 aromatic heterocycles. The van der Waals surface area contributed by atoms with Gasteiger partial charge in [-0.2, -0.15) is 0 Å². The number of para-hydroxylation sites is 2. The SMILES string of the molecule is CSC1=Nc2ccccc2N2C(c3ccc(C)cc3)=NOC2(c2ccc(Cl)cc2)C1. The number of aryl methyl sites for hydroxylation is 1. The van der Waals surface area contributed by atoms with Gasteiger partial charge < -0.3 is 4.84 Å². The van der Waals surface area contributed by atoms with Gasteiger partial charge in [0.1, 0.15) is 0 Å². The molecule has 4 nitrogen and oxygen atoms in total. The van der Waals surface area contributed by atoms with Crippen LogP contribution in [0.1, 0.15) is 23.1 Å². The van der Waals surface area contributed by atoms with Crippen molar-refractivity contribution in [3.8, 4) is 0 Å². The van der Waals surface area contributed by atoms with Gasteiger partial charge in [0.15, 0.2) is 5.84 Å². The molecule has 0 saturated heterocycles. The molecule has 1 unspecified atom stereocenters. The van der Waals surface area contributed by atoms with Gasteiger partial charge in [-0.05, 0) is 37.4 Å². The van der Waals surface area contributed by atoms with E-state index in [1.165, 1.54) is 5.56 Å². The van der Waals surface area contributed by atoms with Crippen molar-refractivity contribution in [2.45, 2.75) is 19.1 Å². The molecule has 5 rings (SSSR count). The monoisotopic (exact) mass is 433 g/mol. The second kappa shape index (κ2) is 7.49. The summed E-state index contributed by atoms with van der Waals surface area (Å²) in [5.41, 5.74) is 4.22. The molecule has 0 radical (unpaired) electrons. The van der Waals surface area contributed by atoms with Crippen molar-refractivity contribution in [3.63, 3.8) is 0 Å². The summed E-state index contributed by atoms with van der Waals surface area (Å²) in [7, 11) is 0. The van der Waals surface area contributed by atoms with E-state index in [2.05, 4.69) is 47.3 Å². The number of oxime groups is 1. The van der Waals surface area contributed by atoms with Gasteiger partial charge in [0.05, 0.1) is 22.8 Å². The number of amidine groups is 1. The van der Waals surface area contributed by atoms with Crippen molar-refractivity contribution in [1.82, 2.24) is 0 Å². The summed E-state index contributed by atoms with van der Waals surface area (Å²) in [5.74, 6) is 0.773. The molecule has 1 atom stereocenters. The van der Waals surface area contributed by atoms with Gasteiger partial charge >= 0.3 is 0 Å². The number of fused-ring (bicyclic) bond motifs is 3. The van der Waals surface area contributed by atoms with Gasteiger partial charge in [-0.15, -0.1) is 11.8 Å². The molecule has 2 heterocycles. The normalized spacial score (nSPS) is 19.9. The number of hydrogen-bond acceptors (Lipinski definition) is 5. The van der Waals surface area contributed by atoms with Gasteiger partial charge in [-0.1, -0.05) is 70.9 Å². The molecular formula is C24H20ClN3OS. The van der Waals surface area contributed by atoms with Crippen LogP contribution in [0.25, 0.3) is 0 Å². The molecule has 2 aliphatic rings. The van der Waals surface area contributed by atoms with Gasteiger partial charge in [0.2, 0.25) is 5.72 Å². The fraction of sp³-hybridized carbons (Fsp3) is 0.167. The Bertz CT molecular complexity index is 1160. The quantitative estimate of drug-likeness (QED) is 0.463. The fourth-order valence-corrected chi connectivity index (χ4v) is 4.57. The molecular weight excluding hydrogens is 414 g/mol. The third kappa shape index (κ3) is 3.09. The summed E-state index contributed by atoms with van der Waals surface area (Å²) in [6, 6.07) is 24.3. The molecule has 0 amide bonds. The highest BCUT2D eigenvalue weighted by molar-refractivity contribution is 8.13. The van der Waals surface area contributed by atoms with Crippen LogP contribution in [0.5, 0.6) is 0 Å². The summed E-state index contributed by atoms with van der Waals surface area (Å²) in [6.07, 6.45) is 2.62. The van der Waals surface area contributed by atoms with Crippen LogP contribution < -0.4 is 4.90 Å². The average Bonchev–Trinajstić information content (AvgIpc) is 3.07. The van der Waals surface area contributed by atoms with E-state index in [-0.39, 0.29) is 0 Å². The molecule has 0 bridgehead atoms. The van der Waals surface area contributed by atoms with Crippen LogP contribution in [0.15, 0.2) is 82.9 Å². The minimum atomic E-state index is -0.834. The first-order valence-electron chi connectivity index (χ1n) is 9.71. The Labute approximate surface area is 185 Å².